The van der Waals surface area contributed by atoms with Gasteiger partial charge in [0.1, 0.15) is 0 Å². The minimum atomic E-state index is 0.106. The molecule has 0 aromatic carbocycles. The summed E-state index contributed by atoms with van der Waals surface area (Å²) in [7, 11) is 0. The smallest absolute Gasteiger partial charge is 0.317 e. The van der Waals surface area contributed by atoms with E-state index in [9.17, 15) is 4.79 Å². The highest BCUT2D eigenvalue weighted by Crippen LogP contribution is 2.30. The van der Waals surface area contributed by atoms with Gasteiger partial charge in [-0.25, -0.2) is 4.79 Å². The molecule has 2 aliphatic heterocycles. The second-order valence-corrected chi connectivity index (χ2v) is 7.77. The summed E-state index contributed by atoms with van der Waals surface area (Å²) in [6, 6.07) is 2.55. The Balaban J connectivity index is 1.30. The number of ether oxygens (including phenoxy) is 1. The monoisotopic (exact) mass is 346 g/mol. The molecule has 138 valence electrons. The molecule has 1 saturated carbocycles. The Morgan fingerprint density at radius 3 is 2.64 bits per heavy atom. The predicted molar refractivity (Wildman–Crippen MR) is 95.3 cm³/mol. The number of rotatable bonds is 3. The molecule has 1 aromatic heterocycles. The Labute approximate surface area is 149 Å². The van der Waals surface area contributed by atoms with Crippen molar-refractivity contribution < 1.29 is 9.53 Å². The number of carbonyl (C=O) groups excluding carboxylic acids is 1. The van der Waals surface area contributed by atoms with E-state index in [2.05, 4.69) is 10.4 Å². The lowest BCUT2D eigenvalue weighted by atomic mass is 9.89. The van der Waals surface area contributed by atoms with Gasteiger partial charge >= 0.3 is 6.03 Å². The van der Waals surface area contributed by atoms with Crippen molar-refractivity contribution in [2.75, 3.05) is 19.7 Å². The molecule has 0 bridgehead atoms. The van der Waals surface area contributed by atoms with Gasteiger partial charge in [0.2, 0.25) is 0 Å². The molecule has 1 aliphatic carbocycles. The molecule has 25 heavy (non-hydrogen) atoms. The van der Waals surface area contributed by atoms with Crippen LogP contribution in [-0.4, -0.2) is 52.6 Å². The van der Waals surface area contributed by atoms with E-state index in [1.807, 2.05) is 28.0 Å². The van der Waals surface area contributed by atoms with Gasteiger partial charge in [-0.1, -0.05) is 12.8 Å². The highest BCUT2D eigenvalue weighted by Gasteiger charge is 2.33. The number of piperidine rings is 1. The van der Waals surface area contributed by atoms with Crippen LogP contribution in [0.2, 0.25) is 0 Å². The van der Waals surface area contributed by atoms with Crippen LogP contribution in [0.1, 0.15) is 57.4 Å². The van der Waals surface area contributed by atoms with Gasteiger partial charge in [-0.05, 0) is 50.5 Å². The molecule has 0 unspecified atom stereocenters. The molecular formula is C19H30N4O2. The van der Waals surface area contributed by atoms with Crippen molar-refractivity contribution in [2.45, 2.75) is 69.6 Å². The van der Waals surface area contributed by atoms with E-state index < -0.39 is 0 Å². The highest BCUT2D eigenvalue weighted by atomic mass is 16.5. The average molecular weight is 346 g/mol. The van der Waals surface area contributed by atoms with Crippen LogP contribution in [0.25, 0.3) is 0 Å². The van der Waals surface area contributed by atoms with E-state index in [4.69, 9.17) is 4.74 Å². The summed E-state index contributed by atoms with van der Waals surface area (Å²) < 4.78 is 7.86. The second-order valence-electron chi connectivity index (χ2n) is 7.77. The van der Waals surface area contributed by atoms with Crippen molar-refractivity contribution >= 4 is 6.03 Å². The SMILES string of the molecule is O=C(N[C@@H]1CCCC[C@@H]1n1cccn1)N1CCC([C@H]2CCCO2)CC1. The highest BCUT2D eigenvalue weighted by molar-refractivity contribution is 5.74. The Bertz CT molecular complexity index is 548. The molecule has 1 aromatic rings. The van der Waals surface area contributed by atoms with Gasteiger partial charge in [0, 0.05) is 32.1 Å². The summed E-state index contributed by atoms with van der Waals surface area (Å²) in [6.45, 7) is 2.63. The minimum Gasteiger partial charge on any atom is -0.378 e. The van der Waals surface area contributed by atoms with Crippen LogP contribution in [0.3, 0.4) is 0 Å². The maximum Gasteiger partial charge on any atom is 0.317 e. The molecule has 2 saturated heterocycles. The van der Waals surface area contributed by atoms with Crippen molar-refractivity contribution in [1.82, 2.24) is 20.0 Å². The van der Waals surface area contributed by atoms with E-state index in [1.54, 1.807) is 0 Å². The number of amides is 2. The fourth-order valence-electron chi connectivity index (χ4n) is 4.77. The van der Waals surface area contributed by atoms with Gasteiger partial charge in [0.15, 0.2) is 0 Å². The summed E-state index contributed by atoms with van der Waals surface area (Å²) in [5.41, 5.74) is 0. The van der Waals surface area contributed by atoms with E-state index in [0.29, 0.717) is 12.0 Å². The first-order valence-corrected chi connectivity index (χ1v) is 9.97. The van der Waals surface area contributed by atoms with Gasteiger partial charge < -0.3 is 15.0 Å². The van der Waals surface area contributed by atoms with Crippen LogP contribution in [0.5, 0.6) is 0 Å². The Kier molecular flexibility index (Phi) is 5.25. The summed E-state index contributed by atoms with van der Waals surface area (Å²) >= 11 is 0. The lowest BCUT2D eigenvalue weighted by Gasteiger charge is -2.37. The first kappa shape index (κ1) is 16.9. The Morgan fingerprint density at radius 2 is 1.92 bits per heavy atom. The third-order valence-corrected chi connectivity index (χ3v) is 6.22. The molecule has 3 heterocycles. The quantitative estimate of drug-likeness (QED) is 0.915. The number of nitrogens with zero attached hydrogens (tertiary/aromatic N) is 3. The maximum absolute atomic E-state index is 12.8. The first-order chi connectivity index (χ1) is 12.3. The fourth-order valence-corrected chi connectivity index (χ4v) is 4.77. The third kappa shape index (κ3) is 3.84. The van der Waals surface area contributed by atoms with E-state index >= 15 is 0 Å². The zero-order valence-corrected chi connectivity index (χ0v) is 15.0. The topological polar surface area (TPSA) is 59.4 Å². The van der Waals surface area contributed by atoms with Crippen LogP contribution in [0.15, 0.2) is 18.5 Å². The normalized spacial score (nSPS) is 31.2. The zero-order valence-electron chi connectivity index (χ0n) is 15.0. The van der Waals surface area contributed by atoms with E-state index in [1.165, 1.54) is 25.7 Å². The van der Waals surface area contributed by atoms with Gasteiger partial charge in [-0.3, -0.25) is 4.68 Å². The number of nitrogens with one attached hydrogen (secondary N) is 1. The molecule has 3 atom stereocenters. The van der Waals surface area contributed by atoms with Gasteiger partial charge in [0.05, 0.1) is 18.2 Å². The Morgan fingerprint density at radius 1 is 1.08 bits per heavy atom. The minimum absolute atomic E-state index is 0.106. The molecule has 0 spiro atoms. The third-order valence-electron chi connectivity index (χ3n) is 6.22. The molecule has 6 heteroatoms. The number of carbonyl (C=O) groups is 1. The summed E-state index contributed by atoms with van der Waals surface area (Å²) in [4.78, 5) is 14.8. The number of urea groups is 1. The van der Waals surface area contributed by atoms with Crippen LogP contribution < -0.4 is 5.32 Å². The largest absolute Gasteiger partial charge is 0.378 e. The van der Waals surface area contributed by atoms with Crippen molar-refractivity contribution in [3.05, 3.63) is 18.5 Å². The first-order valence-electron chi connectivity index (χ1n) is 9.97. The Hall–Kier alpha value is -1.56. The zero-order chi connectivity index (χ0) is 17.1. The second kappa shape index (κ2) is 7.77. The molecule has 0 radical (unpaired) electrons. The van der Waals surface area contributed by atoms with Crippen LogP contribution >= 0.6 is 0 Å². The number of hydrogen-bond acceptors (Lipinski definition) is 3. The standard InChI is InChI=1S/C19H30N4O2/c24-19(22-12-8-15(9-13-22)18-7-3-14-25-18)21-16-5-1-2-6-17(16)23-11-4-10-20-23/h4,10-11,15-18H,1-3,5-9,12-14H2,(H,21,24)/t16-,17+,18-/m1/s1. The van der Waals surface area contributed by atoms with Crippen molar-refractivity contribution in [1.29, 1.82) is 0 Å². The number of hydrogen-bond donors (Lipinski definition) is 1. The number of likely N-dealkylation sites (tertiary alicyclic amines) is 1. The summed E-state index contributed by atoms with van der Waals surface area (Å²) in [5, 5.41) is 7.71. The number of aromatic nitrogens is 2. The predicted octanol–water partition coefficient (Wildman–Crippen LogP) is 2.97. The van der Waals surface area contributed by atoms with Gasteiger partial charge in [-0.2, -0.15) is 5.10 Å². The van der Waals surface area contributed by atoms with Crippen LogP contribution in [0, 0.1) is 5.92 Å². The average Bonchev–Trinajstić information content (AvgIpc) is 3.36. The summed E-state index contributed by atoms with van der Waals surface area (Å²) in [6.07, 6.45) is 13.4. The molecule has 3 fully saturated rings. The summed E-state index contributed by atoms with van der Waals surface area (Å²) in [5.74, 6) is 0.637. The van der Waals surface area contributed by atoms with E-state index in [0.717, 1.165) is 45.4 Å². The van der Waals surface area contributed by atoms with Crippen molar-refractivity contribution in [2.24, 2.45) is 5.92 Å². The fraction of sp³-hybridized carbons (Fsp3) is 0.789. The molecule has 3 aliphatic rings. The maximum atomic E-state index is 12.8. The molecule has 2 amide bonds. The van der Waals surface area contributed by atoms with E-state index in [-0.39, 0.29) is 18.1 Å². The molecule has 6 nitrogen and oxygen atoms in total. The van der Waals surface area contributed by atoms with Gasteiger partial charge in [-0.15, -0.1) is 0 Å². The molecule has 4 rings (SSSR count). The van der Waals surface area contributed by atoms with Crippen LogP contribution in [-0.2, 0) is 4.74 Å². The lowest BCUT2D eigenvalue weighted by molar-refractivity contribution is 0.0367. The van der Waals surface area contributed by atoms with Crippen molar-refractivity contribution in [3.63, 3.8) is 0 Å². The van der Waals surface area contributed by atoms with Crippen LogP contribution in [0.4, 0.5) is 4.79 Å². The van der Waals surface area contributed by atoms with Gasteiger partial charge in [0.25, 0.3) is 0 Å². The molecular weight excluding hydrogens is 316 g/mol. The molecule has 1 N–H and O–H groups in total. The van der Waals surface area contributed by atoms with Crippen molar-refractivity contribution in [3.8, 4) is 0 Å². The lowest BCUT2D eigenvalue weighted by Crippen LogP contribution is -2.51.